The first-order valence-corrected chi connectivity index (χ1v) is 7.74. The zero-order chi connectivity index (χ0) is 16.6. The van der Waals surface area contributed by atoms with Gasteiger partial charge in [-0.05, 0) is 30.9 Å². The smallest absolute Gasteiger partial charge is 0.277 e. The molecule has 0 spiro atoms. The van der Waals surface area contributed by atoms with Gasteiger partial charge in [0, 0.05) is 17.8 Å². The highest BCUT2D eigenvalue weighted by Crippen LogP contribution is 2.15. The van der Waals surface area contributed by atoms with Crippen LogP contribution in [0.4, 0.5) is 5.95 Å². The molecule has 2 heterocycles. The number of hydrogen-bond donors (Lipinski definition) is 2. The first kappa shape index (κ1) is 15.3. The molecule has 0 atom stereocenters. The quantitative estimate of drug-likeness (QED) is 0.777. The predicted octanol–water partition coefficient (Wildman–Crippen LogP) is 2.77. The van der Waals surface area contributed by atoms with Crippen LogP contribution in [0.15, 0.2) is 29.1 Å². The highest BCUT2D eigenvalue weighted by atomic mass is 16.1. The number of rotatable bonds is 4. The normalized spacial score (nSPS) is 11.3. The fraction of sp³-hybridized carbons (Fsp3) is 0.353. The summed E-state index contributed by atoms with van der Waals surface area (Å²) >= 11 is 0. The van der Waals surface area contributed by atoms with Crippen molar-refractivity contribution in [1.82, 2.24) is 19.6 Å². The standard InChI is InChI=1S/C17H21N5O/c1-10(2)14-7-5-13(6-8-14)9-18-16-20-17-19-12(4)11(3)15(23)22(17)21-16/h5-8,10H,9H2,1-4H3,(H2,18,19,20,21). The molecular weight excluding hydrogens is 290 g/mol. The molecule has 0 radical (unpaired) electrons. The second-order valence-corrected chi connectivity index (χ2v) is 6.08. The number of fused-ring (bicyclic) bond motifs is 1. The van der Waals surface area contributed by atoms with Crippen LogP contribution in [0.3, 0.4) is 0 Å². The number of aryl methyl sites for hydroxylation is 1. The van der Waals surface area contributed by atoms with E-state index in [9.17, 15) is 4.79 Å². The predicted molar refractivity (Wildman–Crippen MR) is 90.9 cm³/mol. The molecular formula is C17H21N5O. The van der Waals surface area contributed by atoms with E-state index >= 15 is 0 Å². The van der Waals surface area contributed by atoms with Crippen molar-refractivity contribution in [3.8, 4) is 0 Å². The van der Waals surface area contributed by atoms with E-state index in [-0.39, 0.29) is 5.56 Å². The summed E-state index contributed by atoms with van der Waals surface area (Å²) in [6, 6.07) is 8.48. The number of hydrogen-bond acceptors (Lipinski definition) is 4. The maximum atomic E-state index is 12.2. The summed E-state index contributed by atoms with van der Waals surface area (Å²) < 4.78 is 1.37. The van der Waals surface area contributed by atoms with Gasteiger partial charge in [-0.1, -0.05) is 38.1 Å². The molecule has 23 heavy (non-hydrogen) atoms. The maximum absolute atomic E-state index is 12.2. The van der Waals surface area contributed by atoms with Crippen LogP contribution in [0.2, 0.25) is 0 Å². The fourth-order valence-electron chi connectivity index (χ4n) is 2.39. The van der Waals surface area contributed by atoms with Crippen LogP contribution < -0.4 is 10.9 Å². The topological polar surface area (TPSA) is 75.1 Å². The molecule has 120 valence electrons. The van der Waals surface area contributed by atoms with Crippen LogP contribution >= 0.6 is 0 Å². The Labute approximate surface area is 134 Å². The van der Waals surface area contributed by atoms with Gasteiger partial charge in [-0.2, -0.15) is 9.50 Å². The van der Waals surface area contributed by atoms with Gasteiger partial charge in [0.2, 0.25) is 5.95 Å². The number of aromatic nitrogens is 4. The lowest BCUT2D eigenvalue weighted by Crippen LogP contribution is -2.19. The maximum Gasteiger partial charge on any atom is 0.277 e. The zero-order valence-corrected chi connectivity index (χ0v) is 13.8. The molecule has 0 bridgehead atoms. The summed E-state index contributed by atoms with van der Waals surface area (Å²) in [6.07, 6.45) is 0. The lowest BCUT2D eigenvalue weighted by atomic mass is 10.0. The number of H-pyrrole nitrogens is 1. The van der Waals surface area contributed by atoms with Crippen LogP contribution in [0.5, 0.6) is 0 Å². The van der Waals surface area contributed by atoms with Crippen molar-refractivity contribution in [3.63, 3.8) is 0 Å². The minimum atomic E-state index is -0.116. The van der Waals surface area contributed by atoms with Gasteiger partial charge in [0.25, 0.3) is 11.3 Å². The molecule has 0 fully saturated rings. The van der Waals surface area contributed by atoms with Gasteiger partial charge < -0.3 is 5.32 Å². The van der Waals surface area contributed by atoms with Crippen molar-refractivity contribution in [1.29, 1.82) is 0 Å². The van der Waals surface area contributed by atoms with E-state index in [4.69, 9.17) is 0 Å². The van der Waals surface area contributed by atoms with E-state index in [0.29, 0.717) is 35.4 Å². The number of anilines is 1. The highest BCUT2D eigenvalue weighted by Gasteiger charge is 2.09. The van der Waals surface area contributed by atoms with Crippen molar-refractivity contribution >= 4 is 11.7 Å². The Morgan fingerprint density at radius 2 is 1.87 bits per heavy atom. The molecule has 0 unspecified atom stereocenters. The second kappa shape index (κ2) is 5.87. The Hall–Kier alpha value is -2.63. The van der Waals surface area contributed by atoms with E-state index < -0.39 is 0 Å². The van der Waals surface area contributed by atoms with Crippen LogP contribution in [-0.2, 0) is 6.54 Å². The molecule has 0 amide bonds. The van der Waals surface area contributed by atoms with E-state index in [1.165, 1.54) is 10.1 Å². The van der Waals surface area contributed by atoms with Crippen LogP contribution in [0.25, 0.3) is 5.78 Å². The SMILES string of the molecule is Cc1nc2nc(NCc3ccc(C(C)C)cc3)[nH]n2c(=O)c1C. The molecule has 6 heteroatoms. The van der Waals surface area contributed by atoms with E-state index in [1.54, 1.807) is 6.92 Å². The summed E-state index contributed by atoms with van der Waals surface area (Å²) in [5, 5.41) is 6.15. The van der Waals surface area contributed by atoms with Gasteiger partial charge in [0.05, 0.1) is 0 Å². The minimum absolute atomic E-state index is 0.116. The first-order valence-electron chi connectivity index (χ1n) is 7.74. The number of nitrogens with one attached hydrogen (secondary N) is 2. The minimum Gasteiger partial charge on any atom is -0.351 e. The molecule has 1 aromatic carbocycles. The van der Waals surface area contributed by atoms with Gasteiger partial charge in [-0.3, -0.25) is 9.89 Å². The summed E-state index contributed by atoms with van der Waals surface area (Å²) in [5.41, 5.74) is 3.69. The average molecular weight is 311 g/mol. The largest absolute Gasteiger partial charge is 0.351 e. The van der Waals surface area contributed by atoms with Crippen molar-refractivity contribution in [2.45, 2.75) is 40.2 Å². The van der Waals surface area contributed by atoms with Crippen molar-refractivity contribution < 1.29 is 0 Å². The van der Waals surface area contributed by atoms with Gasteiger partial charge in [0.15, 0.2) is 0 Å². The van der Waals surface area contributed by atoms with Crippen molar-refractivity contribution in [2.24, 2.45) is 0 Å². The molecule has 2 N–H and O–H groups in total. The third kappa shape index (κ3) is 2.97. The molecule has 0 saturated carbocycles. The third-order valence-electron chi connectivity index (χ3n) is 4.07. The monoisotopic (exact) mass is 311 g/mol. The van der Waals surface area contributed by atoms with Gasteiger partial charge in [-0.15, -0.1) is 0 Å². The van der Waals surface area contributed by atoms with Gasteiger partial charge >= 0.3 is 0 Å². The van der Waals surface area contributed by atoms with Gasteiger partial charge in [-0.25, -0.2) is 4.98 Å². The van der Waals surface area contributed by atoms with Crippen LogP contribution in [-0.4, -0.2) is 19.6 Å². The number of benzene rings is 1. The molecule has 2 aromatic heterocycles. The summed E-state index contributed by atoms with van der Waals surface area (Å²) in [5.74, 6) is 1.44. The van der Waals surface area contributed by atoms with Crippen molar-refractivity contribution in [2.75, 3.05) is 5.32 Å². The molecule has 0 aliphatic heterocycles. The van der Waals surface area contributed by atoms with E-state index in [2.05, 4.69) is 58.5 Å². The van der Waals surface area contributed by atoms with Crippen LogP contribution in [0, 0.1) is 13.8 Å². The van der Waals surface area contributed by atoms with E-state index in [1.807, 2.05) is 6.92 Å². The average Bonchev–Trinajstić information content (AvgIpc) is 2.94. The van der Waals surface area contributed by atoms with E-state index in [0.717, 1.165) is 5.56 Å². The molecule has 0 saturated heterocycles. The Balaban J connectivity index is 1.79. The lowest BCUT2D eigenvalue weighted by Gasteiger charge is -2.07. The fourth-order valence-corrected chi connectivity index (χ4v) is 2.39. The summed E-state index contributed by atoms with van der Waals surface area (Å²) in [4.78, 5) is 20.8. The summed E-state index contributed by atoms with van der Waals surface area (Å²) in [7, 11) is 0. The molecule has 3 rings (SSSR count). The Morgan fingerprint density at radius 1 is 1.17 bits per heavy atom. The molecule has 0 aliphatic carbocycles. The Kier molecular flexibility index (Phi) is 3.90. The summed E-state index contributed by atoms with van der Waals surface area (Å²) in [6.45, 7) is 8.56. The van der Waals surface area contributed by atoms with Crippen LogP contribution in [0.1, 0.15) is 42.1 Å². The Bertz CT molecular complexity index is 890. The first-order chi connectivity index (χ1) is 11.0. The zero-order valence-electron chi connectivity index (χ0n) is 13.8. The molecule has 6 nitrogen and oxygen atoms in total. The molecule has 0 aliphatic rings. The second-order valence-electron chi connectivity index (χ2n) is 6.08. The highest BCUT2D eigenvalue weighted by molar-refractivity contribution is 5.39. The third-order valence-corrected chi connectivity index (χ3v) is 4.07. The number of nitrogens with zero attached hydrogens (tertiary/aromatic N) is 3. The lowest BCUT2D eigenvalue weighted by molar-refractivity contribution is 0.863. The number of aromatic amines is 1. The van der Waals surface area contributed by atoms with Crippen molar-refractivity contribution in [3.05, 3.63) is 57.0 Å². The van der Waals surface area contributed by atoms with Gasteiger partial charge in [0.1, 0.15) is 0 Å². The molecule has 3 aromatic rings. The Morgan fingerprint density at radius 3 is 2.52 bits per heavy atom.